The lowest BCUT2D eigenvalue weighted by molar-refractivity contribution is -0.148. The largest absolute Gasteiger partial charge is 0.480 e. The summed E-state index contributed by atoms with van der Waals surface area (Å²) in [5, 5.41) is 13.4. The molecule has 0 aliphatic carbocycles. The van der Waals surface area contributed by atoms with Gasteiger partial charge in [0.2, 0.25) is 5.91 Å². The van der Waals surface area contributed by atoms with E-state index in [0.717, 1.165) is 0 Å². The topological polar surface area (TPSA) is 86.7 Å². The van der Waals surface area contributed by atoms with Crippen LogP contribution in [0.15, 0.2) is 17.5 Å². The number of thiophene rings is 1. The summed E-state index contributed by atoms with van der Waals surface area (Å²) < 4.78 is 0. The molecule has 1 aromatic rings. The van der Waals surface area contributed by atoms with Gasteiger partial charge >= 0.3 is 5.97 Å². The fourth-order valence-electron chi connectivity index (χ4n) is 2.14. The number of hydrogen-bond acceptors (Lipinski definition) is 5. The molecule has 1 saturated heterocycles. The highest BCUT2D eigenvalue weighted by molar-refractivity contribution is 8.00. The third-order valence-electron chi connectivity index (χ3n) is 3.16. The Morgan fingerprint density at radius 2 is 2.24 bits per heavy atom. The number of rotatable bonds is 5. The van der Waals surface area contributed by atoms with E-state index >= 15 is 0 Å². The molecular formula is C13H16N2O4S2. The molecule has 1 fully saturated rings. The minimum absolute atomic E-state index is 0.141. The first-order valence-electron chi connectivity index (χ1n) is 6.51. The van der Waals surface area contributed by atoms with Gasteiger partial charge in [0.1, 0.15) is 6.04 Å². The van der Waals surface area contributed by atoms with Gasteiger partial charge < -0.3 is 15.3 Å². The van der Waals surface area contributed by atoms with E-state index in [0.29, 0.717) is 17.1 Å². The van der Waals surface area contributed by atoms with Crippen molar-refractivity contribution in [2.24, 2.45) is 0 Å². The number of carboxylic acids is 1. The summed E-state index contributed by atoms with van der Waals surface area (Å²) in [5.41, 5.74) is 0. The Morgan fingerprint density at radius 1 is 1.48 bits per heavy atom. The first-order chi connectivity index (χ1) is 10.0. The molecule has 0 aromatic carbocycles. The van der Waals surface area contributed by atoms with Gasteiger partial charge in [0.15, 0.2) is 0 Å². The average molecular weight is 328 g/mol. The van der Waals surface area contributed by atoms with Crippen molar-refractivity contribution in [3.05, 3.63) is 22.4 Å². The first kappa shape index (κ1) is 15.8. The minimum Gasteiger partial charge on any atom is -0.480 e. The highest BCUT2D eigenvalue weighted by Gasteiger charge is 2.40. The molecule has 0 radical (unpaired) electrons. The standard InChI is InChI=1S/C13H16N2O4S2/c1-2-11-15(8(7-21-11)13(18)19)10(16)6-14-12(17)9-4-3-5-20-9/h3-5,8,11H,2,6-7H2,1H3,(H,14,17)(H,18,19). The maximum Gasteiger partial charge on any atom is 0.327 e. The van der Waals surface area contributed by atoms with Crippen LogP contribution >= 0.6 is 23.1 Å². The molecule has 0 saturated carbocycles. The summed E-state index contributed by atoms with van der Waals surface area (Å²) >= 11 is 2.75. The fraction of sp³-hybridized carbons (Fsp3) is 0.462. The number of thioether (sulfide) groups is 1. The van der Waals surface area contributed by atoms with Crippen molar-refractivity contribution < 1.29 is 19.5 Å². The van der Waals surface area contributed by atoms with Crippen LogP contribution in [0.5, 0.6) is 0 Å². The zero-order valence-electron chi connectivity index (χ0n) is 11.4. The summed E-state index contributed by atoms with van der Waals surface area (Å²) in [6.07, 6.45) is 0.680. The number of carboxylic acid groups (broad SMARTS) is 1. The summed E-state index contributed by atoms with van der Waals surface area (Å²) in [6, 6.07) is 2.61. The van der Waals surface area contributed by atoms with Crippen molar-refractivity contribution in [3.63, 3.8) is 0 Å². The molecule has 2 unspecified atom stereocenters. The second kappa shape index (κ2) is 6.95. The molecule has 21 heavy (non-hydrogen) atoms. The number of nitrogens with one attached hydrogen (secondary N) is 1. The van der Waals surface area contributed by atoms with E-state index in [1.54, 1.807) is 17.5 Å². The lowest BCUT2D eigenvalue weighted by Gasteiger charge is -2.26. The highest BCUT2D eigenvalue weighted by Crippen LogP contribution is 2.31. The van der Waals surface area contributed by atoms with Crippen LogP contribution in [0.4, 0.5) is 0 Å². The van der Waals surface area contributed by atoms with Gasteiger partial charge in [-0.25, -0.2) is 4.79 Å². The SMILES string of the molecule is CCC1SCC(C(=O)O)N1C(=O)CNC(=O)c1cccs1. The van der Waals surface area contributed by atoms with Crippen molar-refractivity contribution >= 4 is 40.9 Å². The van der Waals surface area contributed by atoms with Gasteiger partial charge in [-0.1, -0.05) is 13.0 Å². The summed E-state index contributed by atoms with van der Waals surface area (Å²) in [6.45, 7) is 1.73. The Kier molecular flexibility index (Phi) is 5.24. The molecule has 0 bridgehead atoms. The van der Waals surface area contributed by atoms with Crippen LogP contribution in [0, 0.1) is 0 Å². The molecule has 0 spiro atoms. The number of hydrogen-bond donors (Lipinski definition) is 2. The van der Waals surface area contributed by atoms with Gasteiger partial charge in [-0.15, -0.1) is 23.1 Å². The van der Waals surface area contributed by atoms with Crippen LogP contribution < -0.4 is 5.32 Å². The average Bonchev–Trinajstić information content (AvgIpc) is 3.12. The Balaban J connectivity index is 1.97. The van der Waals surface area contributed by atoms with Gasteiger partial charge in [0, 0.05) is 5.75 Å². The number of carbonyl (C=O) groups is 3. The Labute approximate surface area is 130 Å². The van der Waals surface area contributed by atoms with Gasteiger partial charge in [-0.3, -0.25) is 9.59 Å². The Morgan fingerprint density at radius 3 is 2.81 bits per heavy atom. The number of amides is 2. The summed E-state index contributed by atoms with van der Waals surface area (Å²) in [5.74, 6) is -1.29. The van der Waals surface area contributed by atoms with Gasteiger partial charge in [-0.2, -0.15) is 0 Å². The second-order valence-corrected chi connectivity index (χ2v) is 6.67. The van der Waals surface area contributed by atoms with E-state index < -0.39 is 12.0 Å². The van der Waals surface area contributed by atoms with E-state index in [4.69, 9.17) is 0 Å². The molecule has 114 valence electrons. The maximum atomic E-state index is 12.2. The molecule has 1 aliphatic heterocycles. The van der Waals surface area contributed by atoms with E-state index in [-0.39, 0.29) is 23.7 Å². The van der Waals surface area contributed by atoms with Crippen molar-refractivity contribution in [1.29, 1.82) is 0 Å². The lowest BCUT2D eigenvalue weighted by Crippen LogP contribution is -2.49. The van der Waals surface area contributed by atoms with Crippen LogP contribution in [-0.4, -0.2) is 51.5 Å². The second-order valence-electron chi connectivity index (χ2n) is 4.51. The molecule has 2 amide bonds. The van der Waals surface area contributed by atoms with Crippen LogP contribution in [0.1, 0.15) is 23.0 Å². The molecule has 2 N–H and O–H groups in total. The zero-order chi connectivity index (χ0) is 15.4. The van der Waals surface area contributed by atoms with E-state index in [9.17, 15) is 19.5 Å². The van der Waals surface area contributed by atoms with Crippen molar-refractivity contribution in [1.82, 2.24) is 10.2 Å². The van der Waals surface area contributed by atoms with Crippen molar-refractivity contribution in [3.8, 4) is 0 Å². The molecule has 2 atom stereocenters. The van der Waals surface area contributed by atoms with Crippen molar-refractivity contribution in [2.45, 2.75) is 24.8 Å². The molecule has 2 heterocycles. The summed E-state index contributed by atoms with van der Waals surface area (Å²) in [7, 11) is 0. The quantitative estimate of drug-likeness (QED) is 0.849. The molecule has 1 aliphatic rings. The minimum atomic E-state index is -1.00. The van der Waals surface area contributed by atoms with E-state index in [1.165, 1.54) is 28.0 Å². The normalized spacial score (nSPS) is 21.3. The highest BCUT2D eigenvalue weighted by atomic mass is 32.2. The lowest BCUT2D eigenvalue weighted by atomic mass is 10.2. The monoisotopic (exact) mass is 328 g/mol. The van der Waals surface area contributed by atoms with Crippen LogP contribution in [0.2, 0.25) is 0 Å². The zero-order valence-corrected chi connectivity index (χ0v) is 13.1. The Bertz CT molecular complexity index is 532. The summed E-state index contributed by atoms with van der Waals surface area (Å²) in [4.78, 5) is 37.2. The van der Waals surface area contributed by atoms with Gasteiger partial charge in [0.05, 0.1) is 16.8 Å². The molecule has 1 aromatic heterocycles. The van der Waals surface area contributed by atoms with Crippen LogP contribution in [0.25, 0.3) is 0 Å². The first-order valence-corrected chi connectivity index (χ1v) is 8.44. The van der Waals surface area contributed by atoms with Crippen LogP contribution in [-0.2, 0) is 9.59 Å². The Hall–Kier alpha value is -1.54. The molecule has 8 heteroatoms. The van der Waals surface area contributed by atoms with Gasteiger partial charge in [-0.05, 0) is 17.9 Å². The third-order valence-corrected chi connectivity index (χ3v) is 5.48. The molecule has 2 rings (SSSR count). The van der Waals surface area contributed by atoms with Crippen molar-refractivity contribution in [2.75, 3.05) is 12.3 Å². The number of carbonyl (C=O) groups excluding carboxylic acids is 2. The van der Waals surface area contributed by atoms with Gasteiger partial charge in [0.25, 0.3) is 5.91 Å². The predicted octanol–water partition coefficient (Wildman–Crippen LogP) is 1.24. The number of nitrogens with zero attached hydrogens (tertiary/aromatic N) is 1. The molecule has 6 nitrogen and oxygen atoms in total. The van der Waals surface area contributed by atoms with Crippen LogP contribution in [0.3, 0.4) is 0 Å². The third kappa shape index (κ3) is 3.56. The smallest absolute Gasteiger partial charge is 0.327 e. The number of aliphatic carboxylic acids is 1. The van der Waals surface area contributed by atoms with E-state index in [1.807, 2.05) is 6.92 Å². The maximum absolute atomic E-state index is 12.2. The van der Waals surface area contributed by atoms with E-state index in [2.05, 4.69) is 5.32 Å². The fourth-order valence-corrected chi connectivity index (χ4v) is 4.15. The molecular weight excluding hydrogens is 312 g/mol. The predicted molar refractivity (Wildman–Crippen MR) is 81.5 cm³/mol.